The fourth-order valence-electron chi connectivity index (χ4n) is 2.66. The van der Waals surface area contributed by atoms with Gasteiger partial charge in [-0.05, 0) is 54.3 Å². The Bertz CT molecular complexity index is 941. The minimum absolute atomic E-state index is 0.194. The molecule has 0 radical (unpaired) electrons. The van der Waals surface area contributed by atoms with E-state index in [1.165, 1.54) is 23.0 Å². The number of anilines is 1. The number of hydrogen-bond donors (Lipinski definition) is 1. The van der Waals surface area contributed by atoms with E-state index in [4.69, 9.17) is 4.74 Å². The molecule has 3 rings (SSSR count). The van der Waals surface area contributed by atoms with Gasteiger partial charge in [0.05, 0.1) is 12.3 Å². The van der Waals surface area contributed by atoms with Gasteiger partial charge in [0.1, 0.15) is 5.75 Å². The van der Waals surface area contributed by atoms with Gasteiger partial charge in [0.15, 0.2) is 5.13 Å². The fourth-order valence-corrected chi connectivity index (χ4v) is 3.39. The van der Waals surface area contributed by atoms with E-state index < -0.39 is 0 Å². The summed E-state index contributed by atoms with van der Waals surface area (Å²) in [5.74, 6) is 1.14. The van der Waals surface area contributed by atoms with Gasteiger partial charge in [-0.25, -0.2) is 4.98 Å². The molecule has 1 aromatic heterocycles. The molecule has 5 heteroatoms. The second-order valence-electron chi connectivity index (χ2n) is 6.64. The number of carbonyl (C=O) groups excluding carboxylic acids is 1. The molecule has 1 amide bonds. The second kappa shape index (κ2) is 9.33. The van der Waals surface area contributed by atoms with E-state index in [1.54, 1.807) is 6.08 Å². The fraction of sp³-hybridized carbons (Fsp3) is 0.217. The van der Waals surface area contributed by atoms with Crippen LogP contribution < -0.4 is 10.1 Å². The van der Waals surface area contributed by atoms with Gasteiger partial charge in [0, 0.05) is 17.0 Å². The van der Waals surface area contributed by atoms with Crippen LogP contribution in [0.1, 0.15) is 37.8 Å². The third kappa shape index (κ3) is 5.30. The zero-order valence-corrected chi connectivity index (χ0v) is 17.1. The zero-order valence-electron chi connectivity index (χ0n) is 16.3. The number of benzene rings is 2. The maximum atomic E-state index is 12.2. The standard InChI is InChI=1S/C23H24N2O2S/c1-4-27-20-12-10-19(11-13-20)21-15-28-23(24-21)25-22(26)14-7-17-5-8-18(9-6-17)16(2)3/h5-16H,4H2,1-3H3,(H,24,25,26). The van der Waals surface area contributed by atoms with Crippen molar-refractivity contribution in [1.82, 2.24) is 4.98 Å². The zero-order chi connectivity index (χ0) is 19.9. The van der Waals surface area contributed by atoms with E-state index >= 15 is 0 Å². The Morgan fingerprint density at radius 3 is 2.50 bits per heavy atom. The highest BCUT2D eigenvalue weighted by Gasteiger charge is 2.07. The Morgan fingerprint density at radius 1 is 1.14 bits per heavy atom. The highest BCUT2D eigenvalue weighted by Crippen LogP contribution is 2.26. The van der Waals surface area contributed by atoms with Gasteiger partial charge in [-0.1, -0.05) is 38.1 Å². The molecule has 1 heterocycles. The van der Waals surface area contributed by atoms with Crippen molar-refractivity contribution in [2.24, 2.45) is 0 Å². The number of ether oxygens (including phenoxy) is 1. The summed E-state index contributed by atoms with van der Waals surface area (Å²) in [4.78, 5) is 16.7. The molecule has 0 saturated heterocycles. The summed E-state index contributed by atoms with van der Waals surface area (Å²) in [5, 5.41) is 5.33. The summed E-state index contributed by atoms with van der Waals surface area (Å²) in [7, 11) is 0. The first-order chi connectivity index (χ1) is 13.5. The molecule has 0 aliphatic heterocycles. The molecule has 0 bridgehead atoms. The summed E-state index contributed by atoms with van der Waals surface area (Å²) in [5.41, 5.74) is 4.09. The molecule has 0 unspecified atom stereocenters. The lowest BCUT2D eigenvalue weighted by Crippen LogP contribution is -2.07. The van der Waals surface area contributed by atoms with Crippen LogP contribution in [0.2, 0.25) is 0 Å². The van der Waals surface area contributed by atoms with Crippen molar-refractivity contribution in [2.45, 2.75) is 26.7 Å². The average Bonchev–Trinajstić information content (AvgIpc) is 3.16. The first-order valence-corrected chi connectivity index (χ1v) is 10.2. The molecule has 1 N–H and O–H groups in total. The normalized spacial score (nSPS) is 11.1. The minimum atomic E-state index is -0.194. The number of nitrogens with one attached hydrogen (secondary N) is 1. The van der Waals surface area contributed by atoms with Crippen LogP contribution in [0.15, 0.2) is 60.0 Å². The number of carbonyl (C=O) groups is 1. The van der Waals surface area contributed by atoms with Crippen molar-refractivity contribution in [1.29, 1.82) is 0 Å². The lowest BCUT2D eigenvalue weighted by atomic mass is 10.0. The molecule has 2 aromatic carbocycles. The quantitative estimate of drug-likeness (QED) is 0.503. The van der Waals surface area contributed by atoms with Crippen LogP contribution in [0.4, 0.5) is 5.13 Å². The highest BCUT2D eigenvalue weighted by molar-refractivity contribution is 7.14. The SMILES string of the molecule is CCOc1ccc(-c2csc(NC(=O)C=Cc3ccc(C(C)C)cc3)n2)cc1. The van der Waals surface area contributed by atoms with Gasteiger partial charge in [0.2, 0.25) is 5.91 Å². The lowest BCUT2D eigenvalue weighted by Gasteiger charge is -2.04. The molecule has 0 aliphatic rings. The van der Waals surface area contributed by atoms with Crippen molar-refractivity contribution in [3.63, 3.8) is 0 Å². The van der Waals surface area contributed by atoms with Crippen LogP contribution >= 0.6 is 11.3 Å². The molecule has 0 atom stereocenters. The van der Waals surface area contributed by atoms with Crippen molar-refractivity contribution < 1.29 is 9.53 Å². The number of aromatic nitrogens is 1. The molecular formula is C23H24N2O2S. The van der Waals surface area contributed by atoms with Crippen LogP contribution in [-0.4, -0.2) is 17.5 Å². The molecule has 3 aromatic rings. The van der Waals surface area contributed by atoms with Crippen LogP contribution in [-0.2, 0) is 4.79 Å². The minimum Gasteiger partial charge on any atom is -0.494 e. The molecular weight excluding hydrogens is 368 g/mol. The molecule has 0 spiro atoms. The van der Waals surface area contributed by atoms with E-state index in [-0.39, 0.29) is 5.91 Å². The predicted octanol–water partition coefficient (Wildman–Crippen LogP) is 5.98. The Balaban J connectivity index is 1.60. The van der Waals surface area contributed by atoms with Gasteiger partial charge in [-0.3, -0.25) is 10.1 Å². The summed E-state index contributed by atoms with van der Waals surface area (Å²) >= 11 is 1.41. The van der Waals surface area contributed by atoms with Gasteiger partial charge in [-0.15, -0.1) is 11.3 Å². The topological polar surface area (TPSA) is 51.2 Å². The van der Waals surface area contributed by atoms with Crippen molar-refractivity contribution in [3.05, 3.63) is 71.1 Å². The Labute approximate surface area is 169 Å². The Hall–Kier alpha value is -2.92. The summed E-state index contributed by atoms with van der Waals surface area (Å²) in [6.45, 7) is 6.92. The molecule has 0 fully saturated rings. The molecule has 0 aliphatic carbocycles. The number of rotatable bonds is 7. The van der Waals surface area contributed by atoms with Gasteiger partial charge in [0.25, 0.3) is 0 Å². The van der Waals surface area contributed by atoms with Crippen LogP contribution in [0.5, 0.6) is 5.75 Å². The Kier molecular flexibility index (Phi) is 6.61. The predicted molar refractivity (Wildman–Crippen MR) is 117 cm³/mol. The third-order valence-corrected chi connectivity index (χ3v) is 4.98. The first-order valence-electron chi connectivity index (χ1n) is 9.33. The molecule has 144 valence electrons. The van der Waals surface area contributed by atoms with E-state index in [2.05, 4.69) is 36.3 Å². The van der Waals surface area contributed by atoms with Crippen molar-refractivity contribution in [3.8, 4) is 17.0 Å². The third-order valence-electron chi connectivity index (χ3n) is 4.23. The van der Waals surface area contributed by atoms with E-state index in [1.807, 2.05) is 48.7 Å². The molecule has 0 saturated carbocycles. The summed E-state index contributed by atoms with van der Waals surface area (Å²) < 4.78 is 5.45. The van der Waals surface area contributed by atoms with Gasteiger partial charge < -0.3 is 4.74 Å². The van der Waals surface area contributed by atoms with Crippen LogP contribution in [0.3, 0.4) is 0 Å². The van der Waals surface area contributed by atoms with Crippen molar-refractivity contribution in [2.75, 3.05) is 11.9 Å². The average molecular weight is 393 g/mol. The van der Waals surface area contributed by atoms with E-state index in [9.17, 15) is 4.79 Å². The highest BCUT2D eigenvalue weighted by atomic mass is 32.1. The number of nitrogens with zero attached hydrogens (tertiary/aromatic N) is 1. The maximum absolute atomic E-state index is 12.2. The number of amides is 1. The summed E-state index contributed by atoms with van der Waals surface area (Å²) in [6.07, 6.45) is 3.34. The lowest BCUT2D eigenvalue weighted by molar-refractivity contribution is -0.111. The molecule has 4 nitrogen and oxygen atoms in total. The van der Waals surface area contributed by atoms with Crippen LogP contribution in [0, 0.1) is 0 Å². The second-order valence-corrected chi connectivity index (χ2v) is 7.50. The summed E-state index contributed by atoms with van der Waals surface area (Å²) in [6, 6.07) is 16.0. The van der Waals surface area contributed by atoms with Crippen LogP contribution in [0.25, 0.3) is 17.3 Å². The number of hydrogen-bond acceptors (Lipinski definition) is 4. The Morgan fingerprint density at radius 2 is 1.86 bits per heavy atom. The van der Waals surface area contributed by atoms with E-state index in [0.29, 0.717) is 17.7 Å². The first kappa shape index (κ1) is 19.8. The smallest absolute Gasteiger partial charge is 0.250 e. The molecule has 28 heavy (non-hydrogen) atoms. The van der Waals surface area contributed by atoms with E-state index in [0.717, 1.165) is 22.6 Å². The monoisotopic (exact) mass is 392 g/mol. The van der Waals surface area contributed by atoms with Gasteiger partial charge >= 0.3 is 0 Å². The van der Waals surface area contributed by atoms with Gasteiger partial charge in [-0.2, -0.15) is 0 Å². The largest absolute Gasteiger partial charge is 0.494 e. The number of thiazole rings is 1. The maximum Gasteiger partial charge on any atom is 0.250 e. The van der Waals surface area contributed by atoms with Crippen molar-refractivity contribution >= 4 is 28.5 Å².